The third-order valence-electron chi connectivity index (χ3n) is 3.09. The van der Waals surface area contributed by atoms with Crippen molar-refractivity contribution in [2.45, 2.75) is 13.1 Å². The van der Waals surface area contributed by atoms with Gasteiger partial charge in [-0.25, -0.2) is 9.98 Å². The molecule has 0 bridgehead atoms. The zero-order chi connectivity index (χ0) is 14.3. The Morgan fingerprint density at radius 3 is 2.30 bits per heavy atom. The Morgan fingerprint density at radius 1 is 0.950 bits per heavy atom. The van der Waals surface area contributed by atoms with Crippen molar-refractivity contribution < 1.29 is 13.2 Å². The van der Waals surface area contributed by atoms with E-state index in [1.807, 2.05) is 18.2 Å². The van der Waals surface area contributed by atoms with Crippen molar-refractivity contribution >= 4 is 11.5 Å². The van der Waals surface area contributed by atoms with Crippen molar-refractivity contribution in [3.8, 4) is 0 Å². The average molecular weight is 275 g/mol. The molecule has 0 aromatic heterocycles. The van der Waals surface area contributed by atoms with Gasteiger partial charge in [-0.1, -0.05) is 18.2 Å². The molecule has 5 heteroatoms. The maximum atomic E-state index is 12.5. The van der Waals surface area contributed by atoms with Crippen LogP contribution in [-0.2, 0) is 6.18 Å². The molecule has 0 fully saturated rings. The molecule has 1 radical (unpaired) electrons. The van der Waals surface area contributed by atoms with Crippen LogP contribution in [0.4, 0.5) is 13.2 Å². The van der Waals surface area contributed by atoms with Crippen LogP contribution in [0, 0.1) is 5.92 Å². The predicted molar refractivity (Wildman–Crippen MR) is 71.6 cm³/mol. The van der Waals surface area contributed by atoms with Crippen LogP contribution in [0.25, 0.3) is 0 Å². The Balaban J connectivity index is 1.88. The molecule has 0 N–H and O–H groups in total. The number of allylic oxidation sites excluding steroid dienone is 3. The Hall–Kier alpha value is -2.17. The van der Waals surface area contributed by atoms with E-state index in [0.29, 0.717) is 5.84 Å². The van der Waals surface area contributed by atoms with Crippen LogP contribution in [0.15, 0.2) is 58.2 Å². The molecule has 0 spiro atoms. The highest BCUT2D eigenvalue weighted by Gasteiger charge is 2.30. The Bertz CT molecular complexity index is 661. The van der Waals surface area contributed by atoms with Crippen molar-refractivity contribution in [3.63, 3.8) is 0 Å². The second-order valence-electron chi connectivity index (χ2n) is 4.55. The largest absolute Gasteiger partial charge is 0.416 e. The number of fused-ring (bicyclic) bond motifs is 1. The van der Waals surface area contributed by atoms with Crippen molar-refractivity contribution in [3.05, 3.63) is 65.2 Å². The summed E-state index contributed by atoms with van der Waals surface area (Å²) in [6.07, 6.45) is 1.18. The summed E-state index contributed by atoms with van der Waals surface area (Å²) in [6, 6.07) is 5.10. The molecule has 1 aromatic rings. The first kappa shape index (κ1) is 12.8. The highest BCUT2D eigenvalue weighted by Crippen LogP contribution is 2.32. The molecular weight excluding hydrogens is 265 g/mol. The van der Waals surface area contributed by atoms with Crippen molar-refractivity contribution in [1.29, 1.82) is 0 Å². The van der Waals surface area contributed by atoms with Gasteiger partial charge in [0.25, 0.3) is 0 Å². The number of hydrogen-bond donors (Lipinski definition) is 0. The summed E-state index contributed by atoms with van der Waals surface area (Å²) in [7, 11) is 0. The number of halogens is 3. The quantitative estimate of drug-likeness (QED) is 0.741. The first-order valence-electron chi connectivity index (χ1n) is 6.02. The Kier molecular flexibility index (Phi) is 2.85. The number of rotatable bonds is 1. The van der Waals surface area contributed by atoms with Crippen LogP contribution in [0.1, 0.15) is 18.1 Å². The molecule has 3 rings (SSSR count). The fraction of sp³-hybridized carbons (Fsp3) is 0.133. The highest BCUT2D eigenvalue weighted by molar-refractivity contribution is 6.19. The van der Waals surface area contributed by atoms with Gasteiger partial charge < -0.3 is 0 Å². The maximum Gasteiger partial charge on any atom is 0.416 e. The van der Waals surface area contributed by atoms with E-state index in [9.17, 15) is 13.2 Å². The lowest BCUT2D eigenvalue weighted by atomic mass is 9.92. The molecular formula is C15H10F3N2. The Morgan fingerprint density at radius 2 is 1.65 bits per heavy atom. The number of aliphatic imine (C=N–C) groups is 2. The van der Waals surface area contributed by atoms with Gasteiger partial charge in [-0.15, -0.1) is 0 Å². The smallest absolute Gasteiger partial charge is 0.232 e. The first-order chi connectivity index (χ1) is 9.43. The minimum atomic E-state index is -4.31. The van der Waals surface area contributed by atoms with E-state index in [0.717, 1.165) is 35.0 Å². The summed E-state index contributed by atoms with van der Waals surface area (Å²) in [5.41, 5.74) is 1.62. The van der Waals surface area contributed by atoms with Crippen LogP contribution in [0.5, 0.6) is 0 Å². The zero-order valence-corrected chi connectivity index (χ0v) is 10.6. The number of benzene rings is 1. The normalized spacial score (nSPS) is 18.5. The predicted octanol–water partition coefficient (Wildman–Crippen LogP) is 3.95. The molecule has 0 saturated heterocycles. The van der Waals surface area contributed by atoms with Crippen molar-refractivity contribution in [2.24, 2.45) is 9.98 Å². The SMILES string of the molecule is CC1=NC2=C[C](c3ccc(C(F)(F)F)cc3)C=CC2=N1. The van der Waals surface area contributed by atoms with Crippen LogP contribution in [0.3, 0.4) is 0 Å². The lowest BCUT2D eigenvalue weighted by Gasteiger charge is -2.14. The number of alkyl halides is 3. The molecule has 2 aliphatic rings. The summed E-state index contributed by atoms with van der Waals surface area (Å²) < 4.78 is 37.5. The van der Waals surface area contributed by atoms with Gasteiger partial charge in [-0.2, -0.15) is 13.2 Å². The fourth-order valence-electron chi connectivity index (χ4n) is 2.11. The van der Waals surface area contributed by atoms with E-state index < -0.39 is 11.7 Å². The molecule has 2 nitrogen and oxygen atoms in total. The number of hydrogen-bond acceptors (Lipinski definition) is 2. The van der Waals surface area contributed by atoms with E-state index in [4.69, 9.17) is 0 Å². The Labute approximate surface area is 114 Å². The van der Waals surface area contributed by atoms with Gasteiger partial charge in [0.1, 0.15) is 5.84 Å². The lowest BCUT2D eigenvalue weighted by Crippen LogP contribution is -2.07. The molecule has 0 amide bonds. The van der Waals surface area contributed by atoms with Gasteiger partial charge in [-0.05, 0) is 36.8 Å². The first-order valence-corrected chi connectivity index (χ1v) is 6.02. The zero-order valence-electron chi connectivity index (χ0n) is 10.6. The third-order valence-corrected chi connectivity index (χ3v) is 3.09. The minimum absolute atomic E-state index is 0.647. The van der Waals surface area contributed by atoms with Gasteiger partial charge in [0.15, 0.2) is 0 Å². The average Bonchev–Trinajstić information content (AvgIpc) is 2.77. The summed E-state index contributed by atoms with van der Waals surface area (Å²) in [5.74, 6) is 1.51. The molecule has 20 heavy (non-hydrogen) atoms. The minimum Gasteiger partial charge on any atom is -0.232 e. The van der Waals surface area contributed by atoms with Gasteiger partial charge in [0.2, 0.25) is 0 Å². The van der Waals surface area contributed by atoms with E-state index in [1.165, 1.54) is 12.1 Å². The molecule has 1 aromatic carbocycles. The number of amidine groups is 1. The highest BCUT2D eigenvalue weighted by atomic mass is 19.4. The third kappa shape index (κ3) is 2.31. The molecule has 0 atom stereocenters. The topological polar surface area (TPSA) is 24.7 Å². The summed E-state index contributed by atoms with van der Waals surface area (Å²) >= 11 is 0. The van der Waals surface area contributed by atoms with Gasteiger partial charge >= 0.3 is 6.18 Å². The lowest BCUT2D eigenvalue weighted by molar-refractivity contribution is -0.137. The van der Waals surface area contributed by atoms with E-state index in [1.54, 1.807) is 6.92 Å². The van der Waals surface area contributed by atoms with Crippen LogP contribution in [0.2, 0.25) is 0 Å². The maximum absolute atomic E-state index is 12.5. The second kappa shape index (κ2) is 4.44. The van der Waals surface area contributed by atoms with Crippen molar-refractivity contribution in [2.75, 3.05) is 0 Å². The van der Waals surface area contributed by atoms with Gasteiger partial charge in [0, 0.05) is 0 Å². The fourth-order valence-corrected chi connectivity index (χ4v) is 2.11. The van der Waals surface area contributed by atoms with E-state index >= 15 is 0 Å². The molecule has 0 saturated carbocycles. The number of nitrogens with zero attached hydrogens (tertiary/aromatic N) is 2. The van der Waals surface area contributed by atoms with Gasteiger partial charge in [0.05, 0.1) is 22.9 Å². The van der Waals surface area contributed by atoms with Crippen LogP contribution < -0.4 is 0 Å². The molecule has 1 aliphatic heterocycles. The van der Waals surface area contributed by atoms with Crippen LogP contribution >= 0.6 is 0 Å². The molecule has 1 heterocycles. The summed E-state index contributed by atoms with van der Waals surface area (Å²) in [5, 5.41) is 0. The van der Waals surface area contributed by atoms with Crippen molar-refractivity contribution in [1.82, 2.24) is 0 Å². The summed E-state index contributed by atoms with van der Waals surface area (Å²) in [4.78, 5) is 8.50. The molecule has 101 valence electrons. The molecule has 1 aliphatic carbocycles. The standard InChI is InChI=1S/C15H10F3N2/c1-9-19-13-7-4-11(8-14(13)20-9)10-2-5-12(6-3-10)15(16,17)18/h2-8H,1H3. The van der Waals surface area contributed by atoms with Gasteiger partial charge in [-0.3, -0.25) is 0 Å². The van der Waals surface area contributed by atoms with E-state index in [-0.39, 0.29) is 0 Å². The second-order valence-corrected chi connectivity index (χ2v) is 4.55. The monoisotopic (exact) mass is 275 g/mol. The van der Waals surface area contributed by atoms with Crippen LogP contribution in [-0.4, -0.2) is 11.5 Å². The molecule has 0 unspecified atom stereocenters. The van der Waals surface area contributed by atoms with E-state index in [2.05, 4.69) is 9.98 Å². The summed E-state index contributed by atoms with van der Waals surface area (Å²) in [6.45, 7) is 1.80.